The monoisotopic (exact) mass is 366 g/mol. The Hall–Kier alpha value is -3.15. The third kappa shape index (κ3) is 5.41. The highest BCUT2D eigenvalue weighted by atomic mass is 19.1. The van der Waals surface area contributed by atoms with Gasteiger partial charge in [-0.15, -0.1) is 0 Å². The highest BCUT2D eigenvalue weighted by Crippen LogP contribution is 2.15. The molecule has 0 radical (unpaired) electrons. The van der Waals surface area contributed by atoms with E-state index >= 15 is 0 Å². The predicted octanol–water partition coefficient (Wildman–Crippen LogP) is 4.20. The highest BCUT2D eigenvalue weighted by Gasteiger charge is 2.05. The number of aryl methyl sites for hydroxylation is 1. The zero-order chi connectivity index (χ0) is 19.1. The first-order valence-electron chi connectivity index (χ1n) is 8.84. The molecule has 3 aromatic rings. The van der Waals surface area contributed by atoms with Crippen LogP contribution in [0, 0.1) is 12.7 Å². The Bertz CT molecular complexity index is 901. The van der Waals surface area contributed by atoms with Gasteiger partial charge in [0, 0.05) is 30.4 Å². The lowest BCUT2D eigenvalue weighted by atomic mass is 10.1. The fourth-order valence-electron chi connectivity index (χ4n) is 2.71. The van der Waals surface area contributed by atoms with Crippen molar-refractivity contribution in [3.8, 4) is 5.75 Å². The standard InChI is InChI=1S/C21H23FN4O/c1-15-12-20(24-14-17-7-3-4-9-19(17)22)26-21(25-15)23-11-10-16-6-5-8-18(13-16)27-2/h3-9,12-13H,10-11,14H2,1-2H3,(H2,23,24,25,26). The number of benzene rings is 2. The van der Waals surface area contributed by atoms with Gasteiger partial charge in [0.1, 0.15) is 17.4 Å². The van der Waals surface area contributed by atoms with Gasteiger partial charge in [-0.1, -0.05) is 30.3 Å². The number of nitrogens with zero attached hydrogens (tertiary/aromatic N) is 2. The normalized spacial score (nSPS) is 10.5. The quantitative estimate of drug-likeness (QED) is 0.626. The second-order valence-electron chi connectivity index (χ2n) is 6.19. The van der Waals surface area contributed by atoms with E-state index in [9.17, 15) is 4.39 Å². The van der Waals surface area contributed by atoms with Gasteiger partial charge >= 0.3 is 0 Å². The summed E-state index contributed by atoms with van der Waals surface area (Å²) in [5.74, 6) is 1.83. The Balaban J connectivity index is 1.58. The highest BCUT2D eigenvalue weighted by molar-refractivity contribution is 5.43. The minimum absolute atomic E-state index is 0.229. The number of methoxy groups -OCH3 is 1. The molecule has 0 atom stereocenters. The average molecular weight is 366 g/mol. The molecule has 2 aromatic carbocycles. The Morgan fingerprint density at radius 3 is 2.67 bits per heavy atom. The lowest BCUT2D eigenvalue weighted by molar-refractivity contribution is 0.414. The smallest absolute Gasteiger partial charge is 0.224 e. The molecule has 0 fully saturated rings. The first-order valence-corrected chi connectivity index (χ1v) is 8.84. The lowest BCUT2D eigenvalue weighted by Crippen LogP contribution is -2.11. The molecule has 0 aliphatic heterocycles. The van der Waals surface area contributed by atoms with Crippen molar-refractivity contribution in [2.45, 2.75) is 19.9 Å². The molecule has 0 saturated heterocycles. The lowest BCUT2D eigenvalue weighted by Gasteiger charge is -2.11. The van der Waals surface area contributed by atoms with Crippen LogP contribution < -0.4 is 15.4 Å². The second kappa shape index (κ2) is 8.98. The second-order valence-corrected chi connectivity index (χ2v) is 6.19. The number of aromatic nitrogens is 2. The van der Waals surface area contributed by atoms with Gasteiger partial charge in [0.05, 0.1) is 7.11 Å². The van der Waals surface area contributed by atoms with Gasteiger partial charge in [0.2, 0.25) is 5.95 Å². The van der Waals surface area contributed by atoms with E-state index in [1.807, 2.05) is 37.3 Å². The van der Waals surface area contributed by atoms with Crippen LogP contribution in [0.25, 0.3) is 0 Å². The molecule has 0 bridgehead atoms. The van der Waals surface area contributed by atoms with Crippen LogP contribution in [0.15, 0.2) is 54.6 Å². The molecular formula is C21H23FN4O. The summed E-state index contributed by atoms with van der Waals surface area (Å²) in [6, 6.07) is 16.5. The molecule has 0 aliphatic carbocycles. The van der Waals surface area contributed by atoms with E-state index in [4.69, 9.17) is 4.74 Å². The number of anilines is 2. The first kappa shape index (κ1) is 18.6. The van der Waals surface area contributed by atoms with Gasteiger partial charge in [0.25, 0.3) is 0 Å². The minimum Gasteiger partial charge on any atom is -0.497 e. The minimum atomic E-state index is -0.229. The summed E-state index contributed by atoms with van der Waals surface area (Å²) >= 11 is 0. The SMILES string of the molecule is COc1cccc(CCNc2nc(C)cc(NCc3ccccc3F)n2)c1. The van der Waals surface area contributed by atoms with Crippen molar-refractivity contribution in [1.82, 2.24) is 9.97 Å². The van der Waals surface area contributed by atoms with Crippen LogP contribution in [0.4, 0.5) is 16.2 Å². The number of nitrogens with one attached hydrogen (secondary N) is 2. The van der Waals surface area contributed by atoms with Crippen LogP contribution in [0.3, 0.4) is 0 Å². The van der Waals surface area contributed by atoms with Gasteiger partial charge < -0.3 is 15.4 Å². The number of ether oxygens (including phenoxy) is 1. The van der Waals surface area contributed by atoms with E-state index in [0.717, 1.165) is 17.9 Å². The zero-order valence-electron chi connectivity index (χ0n) is 15.5. The maximum Gasteiger partial charge on any atom is 0.224 e. The molecule has 0 unspecified atom stereocenters. The van der Waals surface area contributed by atoms with Crippen LogP contribution in [0.1, 0.15) is 16.8 Å². The first-order chi connectivity index (χ1) is 13.1. The van der Waals surface area contributed by atoms with Crippen LogP contribution in [0.5, 0.6) is 5.75 Å². The van der Waals surface area contributed by atoms with E-state index in [1.165, 1.54) is 11.6 Å². The summed E-state index contributed by atoms with van der Waals surface area (Å²) < 4.78 is 19.0. The van der Waals surface area contributed by atoms with Crippen molar-refractivity contribution in [2.24, 2.45) is 0 Å². The van der Waals surface area contributed by atoms with Crippen molar-refractivity contribution in [1.29, 1.82) is 0 Å². The van der Waals surface area contributed by atoms with Gasteiger partial charge in [-0.05, 0) is 37.1 Å². The van der Waals surface area contributed by atoms with Crippen molar-refractivity contribution < 1.29 is 9.13 Å². The fourth-order valence-corrected chi connectivity index (χ4v) is 2.71. The molecule has 0 spiro atoms. The summed E-state index contributed by atoms with van der Waals surface area (Å²) in [5.41, 5.74) is 2.61. The van der Waals surface area contributed by atoms with Crippen molar-refractivity contribution in [2.75, 3.05) is 24.3 Å². The topological polar surface area (TPSA) is 59.1 Å². The van der Waals surface area contributed by atoms with Crippen molar-refractivity contribution in [3.63, 3.8) is 0 Å². The Morgan fingerprint density at radius 1 is 1.00 bits per heavy atom. The summed E-state index contributed by atoms with van der Waals surface area (Å²) in [6.45, 7) is 2.97. The van der Waals surface area contributed by atoms with Crippen LogP contribution in [-0.2, 0) is 13.0 Å². The van der Waals surface area contributed by atoms with Crippen molar-refractivity contribution in [3.05, 3.63) is 77.2 Å². The molecule has 5 nitrogen and oxygen atoms in total. The zero-order valence-corrected chi connectivity index (χ0v) is 15.5. The number of halogens is 1. The molecule has 1 aromatic heterocycles. The molecule has 1 heterocycles. The largest absolute Gasteiger partial charge is 0.497 e. The van der Waals surface area contributed by atoms with E-state index < -0.39 is 0 Å². The molecule has 140 valence electrons. The van der Waals surface area contributed by atoms with Crippen LogP contribution >= 0.6 is 0 Å². The Kier molecular flexibility index (Phi) is 6.20. The third-order valence-electron chi connectivity index (χ3n) is 4.10. The molecule has 0 saturated carbocycles. The molecule has 2 N–H and O–H groups in total. The fraction of sp³-hybridized carbons (Fsp3) is 0.238. The van der Waals surface area contributed by atoms with E-state index in [1.54, 1.807) is 19.2 Å². The summed E-state index contributed by atoms with van der Waals surface area (Å²) in [6.07, 6.45) is 0.826. The number of rotatable bonds is 8. The predicted molar refractivity (Wildman–Crippen MR) is 106 cm³/mol. The molecule has 27 heavy (non-hydrogen) atoms. The van der Waals surface area contributed by atoms with Crippen molar-refractivity contribution >= 4 is 11.8 Å². The van der Waals surface area contributed by atoms with Gasteiger partial charge in [-0.3, -0.25) is 0 Å². The van der Waals surface area contributed by atoms with Gasteiger partial charge in [-0.25, -0.2) is 9.37 Å². The molecule has 0 aliphatic rings. The molecule has 3 rings (SSSR count). The third-order valence-corrected chi connectivity index (χ3v) is 4.10. The van der Waals surface area contributed by atoms with Gasteiger partial charge in [-0.2, -0.15) is 4.98 Å². The summed E-state index contributed by atoms with van der Waals surface area (Å²) in [7, 11) is 1.66. The van der Waals surface area contributed by atoms with Crippen LogP contribution in [-0.4, -0.2) is 23.6 Å². The number of hydrogen-bond acceptors (Lipinski definition) is 5. The molecular weight excluding hydrogens is 343 g/mol. The molecule has 0 amide bonds. The van der Waals surface area contributed by atoms with E-state index in [-0.39, 0.29) is 5.82 Å². The Morgan fingerprint density at radius 2 is 1.85 bits per heavy atom. The van der Waals surface area contributed by atoms with E-state index in [0.29, 0.717) is 30.4 Å². The van der Waals surface area contributed by atoms with E-state index in [2.05, 4.69) is 26.7 Å². The van der Waals surface area contributed by atoms with Gasteiger partial charge in [0.15, 0.2) is 0 Å². The average Bonchev–Trinajstić information content (AvgIpc) is 2.67. The summed E-state index contributed by atoms with van der Waals surface area (Å²) in [5, 5.41) is 6.40. The maximum atomic E-state index is 13.7. The number of hydrogen-bond donors (Lipinski definition) is 2. The molecule has 6 heteroatoms. The Labute approximate surface area is 158 Å². The maximum absolute atomic E-state index is 13.7. The van der Waals surface area contributed by atoms with Crippen LogP contribution in [0.2, 0.25) is 0 Å². The summed E-state index contributed by atoms with van der Waals surface area (Å²) in [4.78, 5) is 8.87.